The minimum atomic E-state index is -3.93. The average molecular weight is 599 g/mol. The predicted molar refractivity (Wildman–Crippen MR) is 152 cm³/mol. The predicted octanol–water partition coefficient (Wildman–Crippen LogP) is 4.74. The number of furan rings is 1. The molecule has 3 aromatic carbocycles. The van der Waals surface area contributed by atoms with E-state index in [1.807, 2.05) is 30.3 Å². The highest BCUT2D eigenvalue weighted by Crippen LogP contribution is 2.24. The summed E-state index contributed by atoms with van der Waals surface area (Å²) >= 11 is 11.9. The Morgan fingerprint density at radius 1 is 0.800 bits per heavy atom. The molecule has 40 heavy (non-hydrogen) atoms. The molecule has 0 unspecified atom stereocenters. The quantitative estimate of drug-likeness (QED) is 0.155. The Morgan fingerprint density at radius 3 is 2.12 bits per heavy atom. The van der Waals surface area contributed by atoms with E-state index in [2.05, 4.69) is 15.8 Å². The van der Waals surface area contributed by atoms with Crippen LogP contribution in [0, 0.1) is 0 Å². The van der Waals surface area contributed by atoms with Gasteiger partial charge in [-0.05, 0) is 59.7 Å². The van der Waals surface area contributed by atoms with Gasteiger partial charge >= 0.3 is 11.8 Å². The average Bonchev–Trinajstić information content (AvgIpc) is 3.40. The summed E-state index contributed by atoms with van der Waals surface area (Å²) < 4.78 is 33.9. The van der Waals surface area contributed by atoms with E-state index in [4.69, 9.17) is 27.6 Å². The minimum absolute atomic E-state index is 0.0560. The molecule has 0 saturated carbocycles. The number of hydrogen-bond acceptors (Lipinski definition) is 6. The topological polar surface area (TPSA) is 121 Å². The molecule has 4 aromatic rings. The van der Waals surface area contributed by atoms with Crippen LogP contribution in [0.25, 0.3) is 0 Å². The van der Waals surface area contributed by atoms with Gasteiger partial charge in [-0.1, -0.05) is 65.7 Å². The number of amides is 2. The Labute approximate surface area is 241 Å². The summed E-state index contributed by atoms with van der Waals surface area (Å²) in [7, 11) is -3.93. The molecule has 4 rings (SSSR count). The SMILES string of the molecule is O=C(NCc1ccccc1)C(=O)N/N=C\c1ccc(CN(Cc2ccc(Cl)cc2)S(=O)(=O)c2ccc(Cl)cc2)o1. The fourth-order valence-corrected chi connectivity index (χ4v) is 5.21. The highest BCUT2D eigenvalue weighted by atomic mass is 35.5. The summed E-state index contributed by atoms with van der Waals surface area (Å²) in [5.74, 6) is -1.20. The van der Waals surface area contributed by atoms with Crippen LogP contribution in [-0.2, 0) is 39.2 Å². The molecular formula is C28H24Cl2N4O5S. The monoisotopic (exact) mass is 598 g/mol. The van der Waals surface area contributed by atoms with Crippen LogP contribution < -0.4 is 10.7 Å². The van der Waals surface area contributed by atoms with E-state index in [0.717, 1.165) is 11.1 Å². The van der Waals surface area contributed by atoms with E-state index in [0.29, 0.717) is 15.8 Å². The molecule has 0 saturated heterocycles. The number of carbonyl (C=O) groups is 2. The molecule has 0 aliphatic rings. The van der Waals surface area contributed by atoms with E-state index in [1.54, 1.807) is 36.4 Å². The van der Waals surface area contributed by atoms with Crippen molar-refractivity contribution in [1.29, 1.82) is 0 Å². The van der Waals surface area contributed by atoms with Gasteiger partial charge in [0.2, 0.25) is 10.0 Å². The van der Waals surface area contributed by atoms with Crippen molar-refractivity contribution in [2.45, 2.75) is 24.5 Å². The molecule has 1 heterocycles. The second-order valence-electron chi connectivity index (χ2n) is 8.52. The second-order valence-corrected chi connectivity index (χ2v) is 11.3. The molecule has 9 nitrogen and oxygen atoms in total. The highest BCUT2D eigenvalue weighted by Gasteiger charge is 2.26. The molecule has 0 bridgehead atoms. The molecule has 12 heteroatoms. The van der Waals surface area contributed by atoms with Crippen LogP contribution in [0.1, 0.15) is 22.6 Å². The molecule has 0 spiro atoms. The number of halogens is 2. The van der Waals surface area contributed by atoms with Crippen molar-refractivity contribution in [3.8, 4) is 0 Å². The lowest BCUT2D eigenvalue weighted by atomic mass is 10.2. The first-order chi connectivity index (χ1) is 19.2. The van der Waals surface area contributed by atoms with E-state index in [-0.39, 0.29) is 30.3 Å². The van der Waals surface area contributed by atoms with Crippen molar-refractivity contribution in [3.63, 3.8) is 0 Å². The fourth-order valence-electron chi connectivity index (χ4n) is 3.56. The van der Waals surface area contributed by atoms with Crippen LogP contribution in [0.2, 0.25) is 10.0 Å². The van der Waals surface area contributed by atoms with E-state index in [1.165, 1.54) is 34.8 Å². The first kappa shape index (κ1) is 29.0. The Balaban J connectivity index is 1.41. The normalized spacial score (nSPS) is 11.6. The van der Waals surface area contributed by atoms with Gasteiger partial charge in [0, 0.05) is 23.1 Å². The van der Waals surface area contributed by atoms with Crippen LogP contribution in [0.3, 0.4) is 0 Å². The van der Waals surface area contributed by atoms with Crippen molar-refractivity contribution < 1.29 is 22.4 Å². The molecule has 206 valence electrons. The third kappa shape index (κ3) is 8.03. The molecule has 0 aliphatic heterocycles. The largest absolute Gasteiger partial charge is 0.459 e. The van der Waals surface area contributed by atoms with Crippen molar-refractivity contribution in [2.75, 3.05) is 0 Å². The Bertz CT molecular complexity index is 1590. The van der Waals surface area contributed by atoms with Crippen molar-refractivity contribution in [2.24, 2.45) is 5.10 Å². The molecule has 2 N–H and O–H groups in total. The van der Waals surface area contributed by atoms with Gasteiger partial charge in [-0.3, -0.25) is 9.59 Å². The molecule has 1 aromatic heterocycles. The molecule has 0 atom stereocenters. The summed E-state index contributed by atoms with van der Waals surface area (Å²) in [5.41, 5.74) is 3.71. The zero-order chi connectivity index (χ0) is 28.5. The number of hydrazone groups is 1. The molecular weight excluding hydrogens is 575 g/mol. The molecule has 2 amide bonds. The zero-order valence-electron chi connectivity index (χ0n) is 21.0. The summed E-state index contributed by atoms with van der Waals surface area (Å²) in [6.07, 6.45) is 1.21. The first-order valence-electron chi connectivity index (χ1n) is 11.9. The van der Waals surface area contributed by atoms with Gasteiger partial charge in [0.05, 0.1) is 17.7 Å². The van der Waals surface area contributed by atoms with Crippen LogP contribution >= 0.6 is 23.2 Å². The number of nitrogens with one attached hydrogen (secondary N) is 2. The maximum absolute atomic E-state index is 13.5. The standard InChI is InChI=1S/C28H24Cl2N4O5S/c29-22-8-6-21(7-9-22)18-34(40(37,38)26-14-10-23(30)11-15-26)19-25-13-12-24(39-25)17-32-33-28(36)27(35)31-16-20-4-2-1-3-5-20/h1-15,17H,16,18-19H2,(H,31,35)(H,33,36)/b32-17-. The van der Waals surface area contributed by atoms with Gasteiger partial charge in [-0.25, -0.2) is 13.8 Å². The zero-order valence-corrected chi connectivity index (χ0v) is 23.3. The Morgan fingerprint density at radius 2 is 1.45 bits per heavy atom. The lowest BCUT2D eigenvalue weighted by molar-refractivity contribution is -0.139. The third-order valence-electron chi connectivity index (χ3n) is 5.60. The van der Waals surface area contributed by atoms with Gasteiger partial charge in [0.1, 0.15) is 11.5 Å². The smallest absolute Gasteiger partial charge is 0.329 e. The van der Waals surface area contributed by atoms with Gasteiger partial charge in [0.25, 0.3) is 0 Å². The summed E-state index contributed by atoms with van der Waals surface area (Å²) in [4.78, 5) is 24.1. The van der Waals surface area contributed by atoms with E-state index < -0.39 is 21.8 Å². The van der Waals surface area contributed by atoms with Crippen molar-refractivity contribution in [3.05, 3.63) is 124 Å². The fraction of sp³-hybridized carbons (Fsp3) is 0.107. The molecule has 0 radical (unpaired) electrons. The number of rotatable bonds is 10. The summed E-state index contributed by atoms with van der Waals surface area (Å²) in [6, 6.07) is 25.0. The van der Waals surface area contributed by atoms with Crippen LogP contribution in [0.5, 0.6) is 0 Å². The van der Waals surface area contributed by atoms with Gasteiger partial charge in [-0.2, -0.15) is 9.41 Å². The van der Waals surface area contributed by atoms with Gasteiger partial charge in [0.15, 0.2) is 0 Å². The maximum atomic E-state index is 13.5. The number of carbonyl (C=O) groups excluding carboxylic acids is 2. The maximum Gasteiger partial charge on any atom is 0.329 e. The van der Waals surface area contributed by atoms with Crippen molar-refractivity contribution in [1.82, 2.24) is 15.0 Å². The minimum Gasteiger partial charge on any atom is -0.459 e. The Hall–Kier alpha value is -3.96. The number of sulfonamides is 1. The van der Waals surface area contributed by atoms with Crippen LogP contribution in [0.15, 0.2) is 105 Å². The van der Waals surface area contributed by atoms with Crippen molar-refractivity contribution >= 4 is 51.3 Å². The van der Waals surface area contributed by atoms with E-state index in [9.17, 15) is 18.0 Å². The number of benzene rings is 3. The summed E-state index contributed by atoms with van der Waals surface area (Å²) in [5, 5.41) is 7.21. The number of nitrogens with zero attached hydrogens (tertiary/aromatic N) is 2. The number of hydrogen-bond donors (Lipinski definition) is 2. The molecule has 0 fully saturated rings. The van der Waals surface area contributed by atoms with E-state index >= 15 is 0 Å². The van der Waals surface area contributed by atoms with Crippen LogP contribution in [-0.4, -0.2) is 30.8 Å². The highest BCUT2D eigenvalue weighted by molar-refractivity contribution is 7.89. The first-order valence-corrected chi connectivity index (χ1v) is 14.1. The summed E-state index contributed by atoms with van der Waals surface area (Å²) in [6.45, 7) is 0.167. The lowest BCUT2D eigenvalue weighted by Gasteiger charge is -2.21. The van der Waals surface area contributed by atoms with Gasteiger partial charge < -0.3 is 9.73 Å². The third-order valence-corrected chi connectivity index (χ3v) is 7.91. The van der Waals surface area contributed by atoms with Crippen LogP contribution in [0.4, 0.5) is 0 Å². The second kappa shape index (κ2) is 13.4. The molecule has 0 aliphatic carbocycles. The Kier molecular flexibility index (Phi) is 9.73. The lowest BCUT2D eigenvalue weighted by Crippen LogP contribution is -2.37. The van der Waals surface area contributed by atoms with Gasteiger partial charge in [-0.15, -0.1) is 0 Å².